The van der Waals surface area contributed by atoms with E-state index in [1.54, 1.807) is 11.8 Å². The van der Waals surface area contributed by atoms with Gasteiger partial charge in [0, 0.05) is 0 Å². The van der Waals surface area contributed by atoms with E-state index >= 15 is 0 Å². The summed E-state index contributed by atoms with van der Waals surface area (Å²) in [5.74, 6) is -0.851. The Morgan fingerprint density at radius 2 is 2.00 bits per heavy atom. The Hall–Kier alpha value is -1.67. The molecule has 6 nitrogen and oxygen atoms in total. The van der Waals surface area contributed by atoms with Crippen molar-refractivity contribution < 1.29 is 19.5 Å². The molecule has 0 saturated carbocycles. The van der Waals surface area contributed by atoms with E-state index in [-0.39, 0.29) is 17.2 Å². The SMILES string of the molecule is O=C(O)C1CCC[C@@H]2SCCC(NC(=O)[C@@H](S)Cc3ccccc3)C(=O)N12. The van der Waals surface area contributed by atoms with Gasteiger partial charge in [-0.15, -0.1) is 11.8 Å². The minimum atomic E-state index is -0.975. The van der Waals surface area contributed by atoms with Crippen LogP contribution in [0.5, 0.6) is 0 Å². The van der Waals surface area contributed by atoms with Gasteiger partial charge in [0.25, 0.3) is 0 Å². The van der Waals surface area contributed by atoms with Gasteiger partial charge in [-0.2, -0.15) is 12.6 Å². The van der Waals surface area contributed by atoms with Crippen LogP contribution in [0.1, 0.15) is 31.2 Å². The second kappa shape index (κ2) is 9.01. The van der Waals surface area contributed by atoms with Gasteiger partial charge in [-0.25, -0.2) is 4.79 Å². The van der Waals surface area contributed by atoms with Crippen molar-refractivity contribution in [2.24, 2.45) is 0 Å². The van der Waals surface area contributed by atoms with Crippen molar-refractivity contribution in [3.8, 4) is 0 Å². The molecule has 1 aromatic rings. The van der Waals surface area contributed by atoms with E-state index in [0.717, 1.165) is 18.4 Å². The van der Waals surface area contributed by atoms with Crippen LogP contribution in [0.15, 0.2) is 30.3 Å². The standard InChI is InChI=1S/C19H24N2O4S2/c22-17(15(26)11-12-5-2-1-3-6-12)20-13-9-10-27-16-8-4-7-14(19(24)25)21(16)18(13)23/h1-3,5-6,13-16,26H,4,7-11H2,(H,20,22)(H,24,25)/t13?,14?,15-,16-/m0/s1. The zero-order valence-electron chi connectivity index (χ0n) is 14.9. The van der Waals surface area contributed by atoms with Crippen LogP contribution in [0, 0.1) is 0 Å². The van der Waals surface area contributed by atoms with Crippen LogP contribution in [-0.4, -0.2) is 56.3 Å². The van der Waals surface area contributed by atoms with Gasteiger partial charge in [-0.3, -0.25) is 9.59 Å². The quantitative estimate of drug-likeness (QED) is 0.648. The number of carbonyl (C=O) groups is 3. The van der Waals surface area contributed by atoms with Gasteiger partial charge < -0.3 is 15.3 Å². The molecule has 3 rings (SSSR count). The molecule has 0 aliphatic carbocycles. The number of amides is 2. The molecule has 1 aromatic carbocycles. The summed E-state index contributed by atoms with van der Waals surface area (Å²) in [6.07, 6.45) is 3.02. The van der Waals surface area contributed by atoms with Gasteiger partial charge in [0.05, 0.1) is 10.6 Å². The zero-order valence-corrected chi connectivity index (χ0v) is 16.6. The molecule has 0 spiro atoms. The van der Waals surface area contributed by atoms with Gasteiger partial charge in [-0.1, -0.05) is 30.3 Å². The van der Waals surface area contributed by atoms with Crippen LogP contribution >= 0.6 is 24.4 Å². The summed E-state index contributed by atoms with van der Waals surface area (Å²) in [5.41, 5.74) is 0.998. The molecule has 2 unspecified atom stereocenters. The molecule has 0 bridgehead atoms. The van der Waals surface area contributed by atoms with E-state index in [1.807, 2.05) is 30.3 Å². The van der Waals surface area contributed by atoms with E-state index < -0.39 is 23.3 Å². The van der Waals surface area contributed by atoms with Crippen LogP contribution in [0.25, 0.3) is 0 Å². The minimum Gasteiger partial charge on any atom is -0.480 e. The lowest BCUT2D eigenvalue weighted by Crippen LogP contribution is -2.57. The summed E-state index contributed by atoms with van der Waals surface area (Å²) in [6.45, 7) is 0. The van der Waals surface area contributed by atoms with Crippen molar-refractivity contribution in [3.05, 3.63) is 35.9 Å². The van der Waals surface area contributed by atoms with Crippen molar-refractivity contribution >= 4 is 42.2 Å². The summed E-state index contributed by atoms with van der Waals surface area (Å²) in [5, 5.41) is 11.6. The average Bonchev–Trinajstić information content (AvgIpc) is 2.81. The Morgan fingerprint density at radius 3 is 2.70 bits per heavy atom. The van der Waals surface area contributed by atoms with Gasteiger partial charge >= 0.3 is 5.97 Å². The molecule has 146 valence electrons. The summed E-state index contributed by atoms with van der Waals surface area (Å²) in [4.78, 5) is 38.7. The number of benzene rings is 1. The van der Waals surface area contributed by atoms with Crippen LogP contribution in [0.3, 0.4) is 0 Å². The Labute approximate surface area is 168 Å². The third kappa shape index (κ3) is 4.79. The van der Waals surface area contributed by atoms with Crippen LogP contribution in [0.4, 0.5) is 0 Å². The molecule has 4 atom stereocenters. The number of carboxylic acid groups (broad SMARTS) is 1. The lowest BCUT2D eigenvalue weighted by molar-refractivity contribution is -0.154. The van der Waals surface area contributed by atoms with Crippen molar-refractivity contribution in [1.82, 2.24) is 10.2 Å². The van der Waals surface area contributed by atoms with E-state index in [1.165, 1.54) is 4.90 Å². The Bertz CT molecular complexity index is 700. The zero-order chi connectivity index (χ0) is 19.4. The van der Waals surface area contributed by atoms with E-state index in [9.17, 15) is 19.5 Å². The number of hydrogen-bond acceptors (Lipinski definition) is 5. The number of thioether (sulfide) groups is 1. The van der Waals surface area contributed by atoms with E-state index in [0.29, 0.717) is 25.0 Å². The van der Waals surface area contributed by atoms with Crippen molar-refractivity contribution in [1.29, 1.82) is 0 Å². The Kier molecular flexibility index (Phi) is 6.70. The number of piperidine rings is 1. The van der Waals surface area contributed by atoms with E-state index in [2.05, 4.69) is 17.9 Å². The normalized spacial score (nSPS) is 26.6. The summed E-state index contributed by atoms with van der Waals surface area (Å²) in [6, 6.07) is 8.08. The number of hydrogen-bond donors (Lipinski definition) is 3. The highest BCUT2D eigenvalue weighted by Crippen LogP contribution is 2.34. The fourth-order valence-electron chi connectivity index (χ4n) is 3.62. The van der Waals surface area contributed by atoms with Gasteiger partial charge in [-0.05, 0) is 43.4 Å². The number of fused-ring (bicyclic) bond motifs is 1. The number of thiol groups is 1. The van der Waals surface area contributed by atoms with Crippen molar-refractivity contribution in [2.75, 3.05) is 5.75 Å². The maximum Gasteiger partial charge on any atom is 0.326 e. The monoisotopic (exact) mass is 408 g/mol. The first-order chi connectivity index (χ1) is 13.0. The van der Waals surface area contributed by atoms with E-state index in [4.69, 9.17) is 0 Å². The second-order valence-electron chi connectivity index (χ2n) is 6.91. The topological polar surface area (TPSA) is 86.7 Å². The minimum absolute atomic E-state index is 0.120. The molecule has 2 aliphatic heterocycles. The first-order valence-corrected chi connectivity index (χ1v) is 10.7. The number of rotatable bonds is 5. The number of nitrogens with zero attached hydrogens (tertiary/aromatic N) is 1. The molecule has 0 aromatic heterocycles. The molecule has 0 radical (unpaired) electrons. The number of carbonyl (C=O) groups excluding carboxylic acids is 2. The lowest BCUT2D eigenvalue weighted by Gasteiger charge is -2.39. The summed E-state index contributed by atoms with van der Waals surface area (Å²) < 4.78 is 0. The number of nitrogens with one attached hydrogen (secondary N) is 1. The first-order valence-electron chi connectivity index (χ1n) is 9.16. The fraction of sp³-hybridized carbons (Fsp3) is 0.526. The predicted molar refractivity (Wildman–Crippen MR) is 108 cm³/mol. The molecule has 2 heterocycles. The number of aliphatic carboxylic acids is 1. The molecule has 27 heavy (non-hydrogen) atoms. The number of carboxylic acids is 1. The molecule has 2 aliphatic rings. The first kappa shape index (κ1) is 20.1. The maximum absolute atomic E-state index is 13.0. The summed E-state index contributed by atoms with van der Waals surface area (Å²) >= 11 is 6.01. The Balaban J connectivity index is 1.67. The third-order valence-electron chi connectivity index (χ3n) is 5.02. The largest absolute Gasteiger partial charge is 0.480 e. The smallest absolute Gasteiger partial charge is 0.326 e. The van der Waals surface area contributed by atoms with Gasteiger partial charge in [0.2, 0.25) is 11.8 Å². The van der Waals surface area contributed by atoms with Crippen LogP contribution in [-0.2, 0) is 20.8 Å². The molecule has 2 amide bonds. The van der Waals surface area contributed by atoms with Crippen LogP contribution < -0.4 is 5.32 Å². The molecule has 2 N–H and O–H groups in total. The second-order valence-corrected chi connectivity index (χ2v) is 8.82. The molecule has 2 fully saturated rings. The maximum atomic E-state index is 13.0. The highest BCUT2D eigenvalue weighted by Gasteiger charge is 2.43. The molecule has 8 heteroatoms. The average molecular weight is 409 g/mol. The lowest BCUT2D eigenvalue weighted by atomic mass is 10.00. The highest BCUT2D eigenvalue weighted by atomic mass is 32.2. The molecular weight excluding hydrogens is 384 g/mol. The fourth-order valence-corrected chi connectivity index (χ4v) is 5.30. The third-order valence-corrected chi connectivity index (χ3v) is 6.76. The van der Waals surface area contributed by atoms with Gasteiger partial charge in [0.1, 0.15) is 12.1 Å². The van der Waals surface area contributed by atoms with Crippen molar-refractivity contribution in [3.63, 3.8) is 0 Å². The molecular formula is C19H24N2O4S2. The summed E-state index contributed by atoms with van der Waals surface area (Å²) in [7, 11) is 0. The van der Waals surface area contributed by atoms with Crippen LogP contribution in [0.2, 0.25) is 0 Å². The Morgan fingerprint density at radius 1 is 1.26 bits per heavy atom. The van der Waals surface area contributed by atoms with Gasteiger partial charge in [0.15, 0.2) is 0 Å². The molecule has 2 saturated heterocycles. The van der Waals surface area contributed by atoms with Crippen molar-refractivity contribution in [2.45, 2.75) is 54.8 Å². The highest BCUT2D eigenvalue weighted by molar-refractivity contribution is 7.99. The predicted octanol–water partition coefficient (Wildman–Crippen LogP) is 1.94.